The lowest BCUT2D eigenvalue weighted by molar-refractivity contribution is 1.27. The Morgan fingerprint density at radius 1 is 1.38 bits per heavy atom. The summed E-state index contributed by atoms with van der Waals surface area (Å²) in [6.45, 7) is 2.15. The highest BCUT2D eigenvalue weighted by molar-refractivity contribution is 7.99. The van der Waals surface area contributed by atoms with Gasteiger partial charge in [0.2, 0.25) is 0 Å². The molecule has 3 N–H and O–H groups in total. The van der Waals surface area contributed by atoms with Crippen molar-refractivity contribution in [3.63, 3.8) is 0 Å². The van der Waals surface area contributed by atoms with E-state index < -0.39 is 0 Å². The SMILES string of the molecule is CCSc1ccc(-c2nc(NN)cs2)cc1. The Kier molecular flexibility index (Phi) is 3.82. The summed E-state index contributed by atoms with van der Waals surface area (Å²) in [5.74, 6) is 7.11. The number of thioether (sulfide) groups is 1. The fraction of sp³-hybridized carbons (Fsp3) is 0.182. The lowest BCUT2D eigenvalue weighted by atomic mass is 10.2. The topological polar surface area (TPSA) is 50.9 Å². The van der Waals surface area contributed by atoms with E-state index in [1.165, 1.54) is 4.90 Å². The summed E-state index contributed by atoms with van der Waals surface area (Å²) in [6.07, 6.45) is 0. The number of hydrazine groups is 1. The predicted molar refractivity (Wildman–Crippen MR) is 71.8 cm³/mol. The quantitative estimate of drug-likeness (QED) is 0.498. The number of nitrogen functional groups attached to an aromatic ring is 1. The van der Waals surface area contributed by atoms with Crippen molar-refractivity contribution in [3.8, 4) is 10.6 Å². The Morgan fingerprint density at radius 3 is 2.69 bits per heavy atom. The summed E-state index contributed by atoms with van der Waals surface area (Å²) in [6, 6.07) is 8.44. The van der Waals surface area contributed by atoms with E-state index in [0.717, 1.165) is 16.3 Å². The molecule has 3 nitrogen and oxygen atoms in total. The number of aromatic nitrogens is 1. The molecule has 0 aliphatic carbocycles. The van der Waals surface area contributed by atoms with Gasteiger partial charge in [-0.05, 0) is 17.9 Å². The van der Waals surface area contributed by atoms with Crippen molar-refractivity contribution in [2.45, 2.75) is 11.8 Å². The van der Waals surface area contributed by atoms with E-state index in [1.807, 2.05) is 17.1 Å². The summed E-state index contributed by atoms with van der Waals surface area (Å²) in [5, 5.41) is 2.89. The number of benzene rings is 1. The van der Waals surface area contributed by atoms with Crippen molar-refractivity contribution in [2.75, 3.05) is 11.2 Å². The number of nitrogens with one attached hydrogen (secondary N) is 1. The molecule has 0 aliphatic heterocycles. The van der Waals surface area contributed by atoms with Gasteiger partial charge in [0.05, 0.1) is 0 Å². The van der Waals surface area contributed by atoms with Crippen LogP contribution in [0, 0.1) is 0 Å². The Balaban J connectivity index is 2.20. The molecule has 0 saturated heterocycles. The van der Waals surface area contributed by atoms with Gasteiger partial charge in [0.1, 0.15) is 5.01 Å². The smallest absolute Gasteiger partial charge is 0.151 e. The third-order valence-corrected chi connectivity index (χ3v) is 3.85. The maximum absolute atomic E-state index is 5.30. The number of hydrogen-bond acceptors (Lipinski definition) is 5. The fourth-order valence-corrected chi connectivity index (χ4v) is 2.76. The highest BCUT2D eigenvalue weighted by Gasteiger charge is 2.03. The van der Waals surface area contributed by atoms with Gasteiger partial charge in [0.15, 0.2) is 5.82 Å². The number of nitrogens with two attached hydrogens (primary N) is 1. The summed E-state index contributed by atoms with van der Waals surface area (Å²) < 4.78 is 0. The van der Waals surface area contributed by atoms with E-state index in [2.05, 4.69) is 41.6 Å². The third-order valence-electron chi connectivity index (χ3n) is 2.06. The lowest BCUT2D eigenvalue weighted by Gasteiger charge is -2.00. The van der Waals surface area contributed by atoms with Crippen molar-refractivity contribution >= 4 is 28.9 Å². The molecule has 1 aromatic carbocycles. The van der Waals surface area contributed by atoms with E-state index in [9.17, 15) is 0 Å². The Labute approximate surface area is 103 Å². The third kappa shape index (κ3) is 2.55. The molecule has 1 aromatic heterocycles. The van der Waals surface area contributed by atoms with Gasteiger partial charge in [-0.15, -0.1) is 23.1 Å². The van der Waals surface area contributed by atoms with Gasteiger partial charge in [0.25, 0.3) is 0 Å². The summed E-state index contributed by atoms with van der Waals surface area (Å²) in [4.78, 5) is 5.64. The molecular formula is C11H13N3S2. The largest absolute Gasteiger partial charge is 0.308 e. The standard InChI is InChI=1S/C11H13N3S2/c1-2-15-9-5-3-8(4-6-9)11-13-10(14-12)7-16-11/h3-7,14H,2,12H2,1H3. The molecule has 0 aliphatic rings. The zero-order chi connectivity index (χ0) is 11.4. The highest BCUT2D eigenvalue weighted by atomic mass is 32.2. The Bertz CT molecular complexity index is 451. The van der Waals surface area contributed by atoms with Gasteiger partial charge in [-0.25, -0.2) is 10.8 Å². The average Bonchev–Trinajstić information content (AvgIpc) is 2.79. The van der Waals surface area contributed by atoms with Crippen LogP contribution in [0.25, 0.3) is 10.6 Å². The number of anilines is 1. The molecule has 2 rings (SSSR count). The molecule has 0 atom stereocenters. The minimum atomic E-state index is 0.715. The monoisotopic (exact) mass is 251 g/mol. The molecule has 1 heterocycles. The van der Waals surface area contributed by atoms with Crippen LogP contribution in [0.4, 0.5) is 5.82 Å². The minimum Gasteiger partial charge on any atom is -0.308 e. The summed E-state index contributed by atoms with van der Waals surface area (Å²) in [7, 11) is 0. The molecule has 0 bridgehead atoms. The van der Waals surface area contributed by atoms with E-state index in [0.29, 0.717) is 5.82 Å². The second kappa shape index (κ2) is 5.34. The molecule has 84 valence electrons. The number of nitrogens with zero attached hydrogens (tertiary/aromatic N) is 1. The molecule has 2 aromatic rings. The van der Waals surface area contributed by atoms with Crippen molar-refractivity contribution in [3.05, 3.63) is 29.6 Å². The second-order valence-corrected chi connectivity index (χ2v) is 5.34. The van der Waals surface area contributed by atoms with Crippen molar-refractivity contribution < 1.29 is 0 Å². The molecule has 5 heteroatoms. The number of hydrogen-bond donors (Lipinski definition) is 2. The molecular weight excluding hydrogens is 238 g/mol. The van der Waals surface area contributed by atoms with E-state index >= 15 is 0 Å². The van der Waals surface area contributed by atoms with Crippen molar-refractivity contribution in [1.29, 1.82) is 0 Å². The van der Waals surface area contributed by atoms with E-state index in [4.69, 9.17) is 5.84 Å². The van der Waals surface area contributed by atoms with Crippen LogP contribution in [0.2, 0.25) is 0 Å². The first-order chi connectivity index (χ1) is 7.83. The maximum Gasteiger partial charge on any atom is 0.151 e. The van der Waals surface area contributed by atoms with Crippen LogP contribution in [0.15, 0.2) is 34.5 Å². The Morgan fingerprint density at radius 2 is 2.12 bits per heavy atom. The normalized spacial score (nSPS) is 10.4. The summed E-state index contributed by atoms with van der Waals surface area (Å²) in [5.41, 5.74) is 3.68. The number of thiazole rings is 1. The van der Waals surface area contributed by atoms with Crippen LogP contribution in [-0.4, -0.2) is 10.7 Å². The van der Waals surface area contributed by atoms with Gasteiger partial charge in [-0.3, -0.25) is 0 Å². The lowest BCUT2D eigenvalue weighted by Crippen LogP contribution is -2.06. The first-order valence-corrected chi connectivity index (χ1v) is 6.85. The molecule has 0 amide bonds. The average molecular weight is 251 g/mol. The summed E-state index contributed by atoms with van der Waals surface area (Å²) >= 11 is 3.43. The second-order valence-electron chi connectivity index (χ2n) is 3.14. The molecule has 0 unspecified atom stereocenters. The van der Waals surface area contributed by atoms with Gasteiger partial charge < -0.3 is 5.43 Å². The van der Waals surface area contributed by atoms with Crippen molar-refractivity contribution in [1.82, 2.24) is 4.98 Å². The van der Waals surface area contributed by atoms with E-state index in [-0.39, 0.29) is 0 Å². The number of rotatable bonds is 4. The van der Waals surface area contributed by atoms with Crippen LogP contribution in [0.3, 0.4) is 0 Å². The maximum atomic E-state index is 5.30. The van der Waals surface area contributed by atoms with Gasteiger partial charge in [-0.2, -0.15) is 0 Å². The van der Waals surface area contributed by atoms with Crippen molar-refractivity contribution in [2.24, 2.45) is 5.84 Å². The van der Waals surface area contributed by atoms with Gasteiger partial charge in [0, 0.05) is 15.8 Å². The first-order valence-electron chi connectivity index (χ1n) is 4.99. The molecule has 0 radical (unpaired) electrons. The van der Waals surface area contributed by atoms with Crippen LogP contribution in [-0.2, 0) is 0 Å². The van der Waals surface area contributed by atoms with Gasteiger partial charge >= 0.3 is 0 Å². The zero-order valence-corrected chi connectivity index (χ0v) is 10.6. The molecule has 0 spiro atoms. The minimum absolute atomic E-state index is 0.715. The van der Waals surface area contributed by atoms with E-state index in [1.54, 1.807) is 11.3 Å². The highest BCUT2D eigenvalue weighted by Crippen LogP contribution is 2.27. The van der Waals surface area contributed by atoms with Crippen LogP contribution in [0.5, 0.6) is 0 Å². The van der Waals surface area contributed by atoms with Crippen LogP contribution in [0.1, 0.15) is 6.92 Å². The van der Waals surface area contributed by atoms with Crippen LogP contribution < -0.4 is 11.3 Å². The Hall–Kier alpha value is -1.04. The molecule has 0 saturated carbocycles. The first kappa shape index (κ1) is 11.4. The predicted octanol–water partition coefficient (Wildman–Crippen LogP) is 3.21. The molecule has 16 heavy (non-hydrogen) atoms. The van der Waals surface area contributed by atoms with Crippen LogP contribution >= 0.6 is 23.1 Å². The van der Waals surface area contributed by atoms with Gasteiger partial charge in [-0.1, -0.05) is 19.1 Å². The zero-order valence-electron chi connectivity index (χ0n) is 8.93. The fourth-order valence-electron chi connectivity index (χ4n) is 1.33. The molecule has 0 fully saturated rings.